The van der Waals surface area contributed by atoms with Gasteiger partial charge in [-0.1, -0.05) is 30.7 Å². The molecule has 9 heteroatoms. The van der Waals surface area contributed by atoms with Gasteiger partial charge in [-0.25, -0.2) is 8.42 Å². The van der Waals surface area contributed by atoms with Gasteiger partial charge in [-0.2, -0.15) is 0 Å². The molecular weight excluding hydrogens is 428 g/mol. The number of anilines is 1. The Balaban J connectivity index is 2.64. The number of rotatable bonds is 9. The minimum absolute atomic E-state index is 0.0229. The lowest BCUT2D eigenvalue weighted by molar-refractivity contribution is 0.0939. The van der Waals surface area contributed by atoms with E-state index in [-0.39, 0.29) is 23.8 Å². The maximum absolute atomic E-state index is 13.0. The SMILES string of the molecule is CC[C@@H](C)NC(=O)c1cc(OC)c(OC)cc1N(Cc1ccc(Cl)cc1)S(C)(=O)=O. The van der Waals surface area contributed by atoms with Gasteiger partial charge < -0.3 is 14.8 Å². The van der Waals surface area contributed by atoms with E-state index in [1.165, 1.54) is 30.7 Å². The molecule has 0 aliphatic carbocycles. The van der Waals surface area contributed by atoms with Gasteiger partial charge in [-0.05, 0) is 37.1 Å². The largest absolute Gasteiger partial charge is 0.493 e. The molecule has 7 nitrogen and oxygen atoms in total. The van der Waals surface area contributed by atoms with Crippen molar-refractivity contribution in [2.24, 2.45) is 0 Å². The Morgan fingerprint density at radius 3 is 2.20 bits per heavy atom. The van der Waals surface area contributed by atoms with Crippen molar-refractivity contribution in [1.29, 1.82) is 0 Å². The summed E-state index contributed by atoms with van der Waals surface area (Å²) in [4.78, 5) is 13.0. The third kappa shape index (κ3) is 5.79. The molecule has 0 radical (unpaired) electrons. The molecule has 0 spiro atoms. The number of nitrogens with one attached hydrogen (secondary N) is 1. The number of ether oxygens (including phenoxy) is 2. The normalized spacial score (nSPS) is 12.2. The fourth-order valence-corrected chi connectivity index (χ4v) is 3.81. The molecule has 0 aliphatic rings. The van der Waals surface area contributed by atoms with Crippen LogP contribution in [-0.4, -0.2) is 40.8 Å². The molecule has 0 aromatic heterocycles. The standard InChI is InChI=1S/C21H27ClN2O5S/c1-6-14(2)23-21(25)17-11-19(28-3)20(29-4)12-18(17)24(30(5,26)27)13-15-7-9-16(22)10-8-15/h7-12,14H,6,13H2,1-5H3,(H,23,25)/t14-/m1/s1. The van der Waals surface area contributed by atoms with Gasteiger partial charge in [0.1, 0.15) is 0 Å². The summed E-state index contributed by atoms with van der Waals surface area (Å²) < 4.78 is 37.3. The summed E-state index contributed by atoms with van der Waals surface area (Å²) in [6, 6.07) is 9.75. The second-order valence-corrected chi connectivity index (χ2v) is 9.25. The van der Waals surface area contributed by atoms with Gasteiger partial charge in [-0.15, -0.1) is 0 Å². The number of sulfonamides is 1. The van der Waals surface area contributed by atoms with Crippen LogP contribution in [0.5, 0.6) is 11.5 Å². The number of methoxy groups -OCH3 is 2. The van der Waals surface area contributed by atoms with Crippen LogP contribution in [0.2, 0.25) is 5.02 Å². The fraction of sp³-hybridized carbons (Fsp3) is 0.381. The first-order chi connectivity index (χ1) is 14.1. The van der Waals surface area contributed by atoms with Crippen LogP contribution >= 0.6 is 11.6 Å². The first-order valence-electron chi connectivity index (χ1n) is 9.39. The lowest BCUT2D eigenvalue weighted by atomic mass is 10.1. The van der Waals surface area contributed by atoms with E-state index in [1.54, 1.807) is 24.3 Å². The van der Waals surface area contributed by atoms with Gasteiger partial charge in [0.15, 0.2) is 11.5 Å². The summed E-state index contributed by atoms with van der Waals surface area (Å²) in [7, 11) is -0.834. The zero-order valence-electron chi connectivity index (χ0n) is 17.7. The van der Waals surface area contributed by atoms with Crippen LogP contribution in [-0.2, 0) is 16.6 Å². The second kappa shape index (κ2) is 10.0. The molecular formula is C21H27ClN2O5S. The number of hydrogen-bond acceptors (Lipinski definition) is 5. The average molecular weight is 455 g/mol. The highest BCUT2D eigenvalue weighted by Crippen LogP contribution is 2.37. The predicted octanol–water partition coefficient (Wildman–Crippen LogP) is 3.85. The van der Waals surface area contributed by atoms with Gasteiger partial charge in [0.05, 0.1) is 38.3 Å². The van der Waals surface area contributed by atoms with E-state index in [0.717, 1.165) is 12.7 Å². The van der Waals surface area contributed by atoms with E-state index in [2.05, 4.69) is 5.32 Å². The van der Waals surface area contributed by atoms with E-state index in [4.69, 9.17) is 21.1 Å². The number of amides is 1. The predicted molar refractivity (Wildman–Crippen MR) is 119 cm³/mol. The molecule has 0 unspecified atom stereocenters. The van der Waals surface area contributed by atoms with Crippen molar-refractivity contribution in [1.82, 2.24) is 5.32 Å². The van der Waals surface area contributed by atoms with E-state index in [9.17, 15) is 13.2 Å². The number of nitrogens with zero attached hydrogens (tertiary/aromatic N) is 1. The Hall–Kier alpha value is -2.45. The molecule has 2 aromatic rings. The summed E-state index contributed by atoms with van der Waals surface area (Å²) in [6.07, 6.45) is 1.82. The Morgan fingerprint density at radius 2 is 1.70 bits per heavy atom. The van der Waals surface area contributed by atoms with Crippen molar-refractivity contribution < 1.29 is 22.7 Å². The molecule has 0 heterocycles. The van der Waals surface area contributed by atoms with Gasteiger partial charge >= 0.3 is 0 Å². The maximum Gasteiger partial charge on any atom is 0.253 e. The molecule has 2 aromatic carbocycles. The van der Waals surface area contributed by atoms with Crippen molar-refractivity contribution in [2.75, 3.05) is 24.8 Å². The van der Waals surface area contributed by atoms with Crippen molar-refractivity contribution in [2.45, 2.75) is 32.9 Å². The van der Waals surface area contributed by atoms with Gasteiger partial charge in [-0.3, -0.25) is 9.10 Å². The van der Waals surface area contributed by atoms with Crippen molar-refractivity contribution in [3.63, 3.8) is 0 Å². The molecule has 1 N–H and O–H groups in total. The zero-order chi connectivity index (χ0) is 22.5. The second-order valence-electron chi connectivity index (χ2n) is 6.90. The van der Waals surface area contributed by atoms with Gasteiger partial charge in [0.2, 0.25) is 10.0 Å². The summed E-state index contributed by atoms with van der Waals surface area (Å²) in [5.41, 5.74) is 1.09. The minimum atomic E-state index is -3.74. The van der Waals surface area contributed by atoms with E-state index >= 15 is 0 Å². The smallest absolute Gasteiger partial charge is 0.253 e. The maximum atomic E-state index is 13.0. The van der Waals surface area contributed by atoms with Crippen molar-refractivity contribution in [3.05, 3.63) is 52.5 Å². The molecule has 0 aliphatic heterocycles. The number of hydrogen-bond donors (Lipinski definition) is 1. The quantitative estimate of drug-likeness (QED) is 0.622. The third-order valence-electron chi connectivity index (χ3n) is 4.64. The molecule has 0 saturated carbocycles. The highest BCUT2D eigenvalue weighted by atomic mass is 35.5. The van der Waals surface area contributed by atoms with E-state index < -0.39 is 15.9 Å². The van der Waals surface area contributed by atoms with Crippen LogP contribution < -0.4 is 19.1 Å². The van der Waals surface area contributed by atoms with Crippen molar-refractivity contribution in [3.8, 4) is 11.5 Å². The summed E-state index contributed by atoms with van der Waals surface area (Å²) in [5, 5.41) is 3.42. The average Bonchev–Trinajstić information content (AvgIpc) is 2.71. The molecule has 1 amide bonds. The Morgan fingerprint density at radius 1 is 1.13 bits per heavy atom. The molecule has 2 rings (SSSR count). The monoisotopic (exact) mass is 454 g/mol. The van der Waals surface area contributed by atoms with Crippen LogP contribution in [0.25, 0.3) is 0 Å². The van der Waals surface area contributed by atoms with E-state index in [0.29, 0.717) is 22.1 Å². The number of carbonyl (C=O) groups excluding carboxylic acids is 1. The zero-order valence-corrected chi connectivity index (χ0v) is 19.3. The highest BCUT2D eigenvalue weighted by molar-refractivity contribution is 7.92. The summed E-state index contributed by atoms with van der Waals surface area (Å²) in [5.74, 6) is 0.248. The Kier molecular flexibility index (Phi) is 7.97. The molecule has 0 fully saturated rings. The van der Waals surface area contributed by atoms with Gasteiger partial charge in [0, 0.05) is 17.1 Å². The topological polar surface area (TPSA) is 84.9 Å². The van der Waals surface area contributed by atoms with Crippen LogP contribution in [0.1, 0.15) is 36.2 Å². The van der Waals surface area contributed by atoms with E-state index in [1.807, 2.05) is 13.8 Å². The molecule has 1 atom stereocenters. The van der Waals surface area contributed by atoms with Crippen LogP contribution in [0.4, 0.5) is 5.69 Å². The number of halogens is 1. The molecule has 0 saturated heterocycles. The first kappa shape index (κ1) is 23.8. The fourth-order valence-electron chi connectivity index (χ4n) is 2.80. The van der Waals surface area contributed by atoms with Crippen molar-refractivity contribution >= 4 is 33.2 Å². The third-order valence-corrected chi connectivity index (χ3v) is 6.02. The first-order valence-corrected chi connectivity index (χ1v) is 11.6. The van der Waals surface area contributed by atoms with Gasteiger partial charge in [0.25, 0.3) is 5.91 Å². The van der Waals surface area contributed by atoms with Crippen LogP contribution in [0, 0.1) is 0 Å². The summed E-state index contributed by atoms with van der Waals surface area (Å²) >= 11 is 5.94. The molecule has 164 valence electrons. The minimum Gasteiger partial charge on any atom is -0.493 e. The molecule has 0 bridgehead atoms. The lowest BCUT2D eigenvalue weighted by Gasteiger charge is -2.26. The molecule has 30 heavy (non-hydrogen) atoms. The highest BCUT2D eigenvalue weighted by Gasteiger charge is 2.27. The Bertz CT molecular complexity index is 993. The van der Waals surface area contributed by atoms with Crippen LogP contribution in [0.3, 0.4) is 0 Å². The summed E-state index contributed by atoms with van der Waals surface area (Å²) in [6.45, 7) is 3.85. The Labute approximate surface area is 183 Å². The lowest BCUT2D eigenvalue weighted by Crippen LogP contribution is -2.35. The van der Waals surface area contributed by atoms with Crippen LogP contribution in [0.15, 0.2) is 36.4 Å². The number of benzene rings is 2. The number of carbonyl (C=O) groups is 1.